The molecule has 25 heavy (non-hydrogen) atoms. The molecule has 0 saturated carbocycles. The molecule has 134 valence electrons. The molecule has 1 amide bonds. The van der Waals surface area contributed by atoms with Gasteiger partial charge >= 0.3 is 0 Å². The Bertz CT molecular complexity index is 855. The van der Waals surface area contributed by atoms with Crippen LogP contribution in [0.1, 0.15) is 17.5 Å². The maximum absolute atomic E-state index is 13.2. The fraction of sp³-hybridized carbons (Fsp3) is 0.235. The first-order valence-electron chi connectivity index (χ1n) is 7.55. The van der Waals surface area contributed by atoms with Crippen molar-refractivity contribution in [2.45, 2.75) is 24.8 Å². The quantitative estimate of drug-likeness (QED) is 0.770. The highest BCUT2D eigenvalue weighted by molar-refractivity contribution is 7.89. The van der Waals surface area contributed by atoms with E-state index in [1.54, 1.807) is 19.1 Å². The van der Waals surface area contributed by atoms with Crippen molar-refractivity contribution in [3.8, 4) is 0 Å². The van der Waals surface area contributed by atoms with Gasteiger partial charge in [0.05, 0.1) is 4.90 Å². The van der Waals surface area contributed by atoms with Crippen LogP contribution in [0, 0.1) is 12.7 Å². The number of aryl methyl sites for hydroxylation is 1. The SMILES string of the molecule is Cc1cc(CNC(=O)CCNS(=O)(=O)c2ccc(Cl)cc2)ccc1F. The molecular formula is C17H18ClFN2O3S. The van der Waals surface area contributed by atoms with E-state index in [-0.39, 0.29) is 36.1 Å². The van der Waals surface area contributed by atoms with Gasteiger partial charge in [0, 0.05) is 24.5 Å². The van der Waals surface area contributed by atoms with E-state index in [4.69, 9.17) is 11.6 Å². The van der Waals surface area contributed by atoms with E-state index in [2.05, 4.69) is 10.0 Å². The monoisotopic (exact) mass is 384 g/mol. The number of hydrogen-bond acceptors (Lipinski definition) is 3. The second-order valence-corrected chi connectivity index (χ2v) is 7.67. The zero-order valence-electron chi connectivity index (χ0n) is 13.6. The number of carbonyl (C=O) groups excluding carboxylic acids is 1. The van der Waals surface area contributed by atoms with Gasteiger partial charge in [0.15, 0.2) is 0 Å². The normalized spacial score (nSPS) is 11.3. The Morgan fingerprint density at radius 3 is 2.48 bits per heavy atom. The van der Waals surface area contributed by atoms with Crippen molar-refractivity contribution in [1.82, 2.24) is 10.0 Å². The summed E-state index contributed by atoms with van der Waals surface area (Å²) in [6, 6.07) is 10.3. The van der Waals surface area contributed by atoms with Crippen LogP contribution >= 0.6 is 11.6 Å². The zero-order chi connectivity index (χ0) is 18.4. The summed E-state index contributed by atoms with van der Waals surface area (Å²) in [7, 11) is -3.68. The van der Waals surface area contributed by atoms with Gasteiger partial charge in [-0.05, 0) is 48.4 Å². The van der Waals surface area contributed by atoms with Gasteiger partial charge in [0.2, 0.25) is 15.9 Å². The van der Waals surface area contributed by atoms with Crippen LogP contribution in [0.4, 0.5) is 4.39 Å². The van der Waals surface area contributed by atoms with Gasteiger partial charge in [-0.15, -0.1) is 0 Å². The average Bonchev–Trinajstić information content (AvgIpc) is 2.56. The van der Waals surface area contributed by atoms with Crippen molar-refractivity contribution >= 4 is 27.5 Å². The van der Waals surface area contributed by atoms with E-state index in [9.17, 15) is 17.6 Å². The second-order valence-electron chi connectivity index (χ2n) is 5.46. The third kappa shape index (κ3) is 5.81. The van der Waals surface area contributed by atoms with Gasteiger partial charge in [0.1, 0.15) is 5.82 Å². The first-order chi connectivity index (χ1) is 11.8. The third-order valence-corrected chi connectivity index (χ3v) is 5.21. The topological polar surface area (TPSA) is 75.3 Å². The number of nitrogens with one attached hydrogen (secondary N) is 2. The summed E-state index contributed by atoms with van der Waals surface area (Å²) in [5.41, 5.74) is 1.27. The minimum absolute atomic E-state index is 0.00695. The highest BCUT2D eigenvalue weighted by atomic mass is 35.5. The zero-order valence-corrected chi connectivity index (χ0v) is 15.1. The lowest BCUT2D eigenvalue weighted by molar-refractivity contribution is -0.121. The molecular weight excluding hydrogens is 367 g/mol. The Morgan fingerprint density at radius 2 is 1.84 bits per heavy atom. The number of hydrogen-bond donors (Lipinski definition) is 2. The molecule has 2 aromatic carbocycles. The van der Waals surface area contributed by atoms with Crippen molar-refractivity contribution in [1.29, 1.82) is 0 Å². The van der Waals surface area contributed by atoms with Crippen molar-refractivity contribution in [2.24, 2.45) is 0 Å². The molecule has 0 heterocycles. The molecule has 0 aromatic heterocycles. The lowest BCUT2D eigenvalue weighted by Gasteiger charge is -2.08. The van der Waals surface area contributed by atoms with Crippen molar-refractivity contribution < 1.29 is 17.6 Å². The number of sulfonamides is 1. The van der Waals surface area contributed by atoms with Gasteiger partial charge in [-0.3, -0.25) is 4.79 Å². The molecule has 5 nitrogen and oxygen atoms in total. The Morgan fingerprint density at radius 1 is 1.16 bits per heavy atom. The summed E-state index contributed by atoms with van der Waals surface area (Å²) in [6.07, 6.45) is -0.00695. The van der Waals surface area contributed by atoms with Crippen LogP contribution < -0.4 is 10.0 Å². The summed E-state index contributed by atoms with van der Waals surface area (Å²) >= 11 is 5.72. The molecule has 2 aromatic rings. The van der Waals surface area contributed by atoms with Gasteiger partial charge in [-0.2, -0.15) is 0 Å². The van der Waals surface area contributed by atoms with Crippen LogP contribution in [0.15, 0.2) is 47.4 Å². The van der Waals surface area contributed by atoms with Gasteiger partial charge < -0.3 is 5.32 Å². The minimum atomic E-state index is -3.68. The Hall–Kier alpha value is -1.96. The summed E-state index contributed by atoms with van der Waals surface area (Å²) < 4.78 is 39.6. The molecule has 0 spiro atoms. The Balaban J connectivity index is 1.79. The number of amides is 1. The van der Waals surface area contributed by atoms with Crippen LogP contribution in [0.2, 0.25) is 5.02 Å². The molecule has 2 rings (SSSR count). The van der Waals surface area contributed by atoms with E-state index < -0.39 is 10.0 Å². The van der Waals surface area contributed by atoms with E-state index >= 15 is 0 Å². The van der Waals surface area contributed by atoms with E-state index in [1.807, 2.05) is 0 Å². The summed E-state index contributed by atoms with van der Waals surface area (Å²) in [5.74, 6) is -0.604. The van der Waals surface area contributed by atoms with Gasteiger partial charge in [0.25, 0.3) is 0 Å². The molecule has 0 atom stereocenters. The molecule has 0 radical (unpaired) electrons. The van der Waals surface area contributed by atoms with Crippen molar-refractivity contribution in [2.75, 3.05) is 6.54 Å². The number of benzene rings is 2. The highest BCUT2D eigenvalue weighted by Crippen LogP contribution is 2.13. The van der Waals surface area contributed by atoms with Crippen LogP contribution in [0.3, 0.4) is 0 Å². The molecule has 0 saturated heterocycles. The summed E-state index contributed by atoms with van der Waals surface area (Å²) in [6.45, 7) is 1.87. The smallest absolute Gasteiger partial charge is 0.240 e. The molecule has 2 N–H and O–H groups in total. The maximum atomic E-state index is 13.2. The van der Waals surface area contributed by atoms with Gasteiger partial charge in [-0.25, -0.2) is 17.5 Å². The summed E-state index contributed by atoms with van der Waals surface area (Å²) in [5, 5.41) is 3.10. The predicted molar refractivity (Wildman–Crippen MR) is 94.2 cm³/mol. The lowest BCUT2D eigenvalue weighted by atomic mass is 10.1. The van der Waals surface area contributed by atoms with E-state index in [0.717, 1.165) is 5.56 Å². The largest absolute Gasteiger partial charge is 0.352 e. The molecule has 0 unspecified atom stereocenters. The molecule has 0 aliphatic carbocycles. The first-order valence-corrected chi connectivity index (χ1v) is 9.41. The van der Waals surface area contributed by atoms with Crippen molar-refractivity contribution in [3.05, 3.63) is 64.4 Å². The second kappa shape index (κ2) is 8.42. The van der Waals surface area contributed by atoms with E-state index in [0.29, 0.717) is 10.6 Å². The fourth-order valence-electron chi connectivity index (χ4n) is 2.10. The predicted octanol–water partition coefficient (Wildman–Crippen LogP) is 2.77. The van der Waals surface area contributed by atoms with E-state index in [1.165, 1.54) is 30.3 Å². The molecule has 0 bridgehead atoms. The maximum Gasteiger partial charge on any atom is 0.240 e. The number of rotatable bonds is 7. The first kappa shape index (κ1) is 19.4. The molecule has 8 heteroatoms. The average molecular weight is 385 g/mol. The third-order valence-electron chi connectivity index (χ3n) is 3.48. The highest BCUT2D eigenvalue weighted by Gasteiger charge is 2.14. The van der Waals surface area contributed by atoms with Crippen molar-refractivity contribution in [3.63, 3.8) is 0 Å². The van der Waals surface area contributed by atoms with Crippen LogP contribution in [-0.2, 0) is 21.4 Å². The summed E-state index contributed by atoms with van der Waals surface area (Å²) in [4.78, 5) is 11.9. The van der Waals surface area contributed by atoms with Crippen LogP contribution in [-0.4, -0.2) is 20.9 Å². The lowest BCUT2D eigenvalue weighted by Crippen LogP contribution is -2.30. The molecule has 0 aliphatic rings. The number of carbonyl (C=O) groups is 1. The standard InChI is InChI=1S/C17H18ClFN2O3S/c1-12-10-13(2-7-16(12)19)11-20-17(22)8-9-21-25(23,24)15-5-3-14(18)4-6-15/h2-7,10,21H,8-9,11H2,1H3,(H,20,22). The fourth-order valence-corrected chi connectivity index (χ4v) is 3.26. The Labute approximate surface area is 151 Å². The minimum Gasteiger partial charge on any atom is -0.352 e. The Kier molecular flexibility index (Phi) is 6.52. The van der Waals surface area contributed by atoms with Crippen LogP contribution in [0.25, 0.3) is 0 Å². The van der Waals surface area contributed by atoms with Gasteiger partial charge in [-0.1, -0.05) is 23.7 Å². The molecule has 0 fully saturated rings. The molecule has 0 aliphatic heterocycles. The number of halogens is 2. The van der Waals surface area contributed by atoms with Crippen LogP contribution in [0.5, 0.6) is 0 Å².